The second-order valence-electron chi connectivity index (χ2n) is 24.8. The van der Waals surface area contributed by atoms with E-state index in [1.165, 1.54) is 0 Å². The summed E-state index contributed by atoms with van der Waals surface area (Å²) in [7, 11) is 8.85. The van der Waals surface area contributed by atoms with Crippen LogP contribution >= 0.6 is 0 Å². The Bertz CT molecular complexity index is 1370. The molecule has 322 valence electrons. The van der Waals surface area contributed by atoms with Crippen LogP contribution < -0.4 is 0 Å². The van der Waals surface area contributed by atoms with Crippen LogP contribution in [0.1, 0.15) is 169 Å². The lowest BCUT2D eigenvalue weighted by molar-refractivity contribution is -0.230. The van der Waals surface area contributed by atoms with Crippen molar-refractivity contribution in [2.45, 2.75) is 213 Å². The summed E-state index contributed by atoms with van der Waals surface area (Å²) in [5, 5.41) is 0. The van der Waals surface area contributed by atoms with E-state index in [2.05, 4.69) is 159 Å². The topological polar surface area (TPSA) is 81.2 Å². The molecule has 4 heterocycles. The quantitative estimate of drug-likeness (QED) is 0.152. The number of hydrogen-bond acceptors (Lipinski definition) is 8. The number of piperidine rings is 4. The summed E-state index contributed by atoms with van der Waals surface area (Å²) >= 11 is 0. The first kappa shape index (κ1) is 47.2. The first-order valence-electron chi connectivity index (χ1n) is 21.9. The lowest BCUT2D eigenvalue weighted by Gasteiger charge is -2.71. The monoisotopic (exact) mass is 783 g/mol. The molecule has 0 aromatic heterocycles. The van der Waals surface area contributed by atoms with E-state index in [4.69, 9.17) is 0 Å². The lowest BCUT2D eigenvalue weighted by Crippen LogP contribution is -2.74. The van der Waals surface area contributed by atoms with Gasteiger partial charge in [0.15, 0.2) is 0 Å². The minimum Gasteiger partial charge on any atom is -0.303 e. The fourth-order valence-electron chi connectivity index (χ4n) is 14.7. The van der Waals surface area contributed by atoms with Crippen molar-refractivity contribution in [1.29, 1.82) is 0 Å². The normalized spacial score (nSPS) is 30.3. The summed E-state index contributed by atoms with van der Waals surface area (Å²) in [5.41, 5.74) is -6.72. The van der Waals surface area contributed by atoms with Gasteiger partial charge in [-0.3, -0.25) is 19.6 Å². The molecule has 0 aromatic carbocycles. The molecule has 56 heavy (non-hydrogen) atoms. The number of aldehydes is 4. The smallest absolute Gasteiger partial charge is 0.149 e. The van der Waals surface area contributed by atoms with Gasteiger partial charge >= 0.3 is 0 Å². The number of likely N-dealkylation sites (tertiary alicyclic amines) is 4. The summed E-state index contributed by atoms with van der Waals surface area (Å²) < 4.78 is 0. The van der Waals surface area contributed by atoms with Gasteiger partial charge in [-0.15, -0.1) is 0 Å². The largest absolute Gasteiger partial charge is 0.303 e. The Hall–Kier alpha value is -1.48. The van der Waals surface area contributed by atoms with Crippen molar-refractivity contribution >= 4 is 25.1 Å². The highest BCUT2D eigenvalue weighted by atomic mass is 16.2. The van der Waals surface area contributed by atoms with Crippen molar-refractivity contribution in [3.8, 4) is 0 Å². The average Bonchev–Trinajstić information content (AvgIpc) is 3.04. The summed E-state index contributed by atoms with van der Waals surface area (Å²) in [6.07, 6.45) is 9.79. The van der Waals surface area contributed by atoms with Crippen molar-refractivity contribution in [2.75, 3.05) is 28.2 Å². The van der Waals surface area contributed by atoms with Crippen molar-refractivity contribution in [3.63, 3.8) is 0 Å². The number of carbonyl (C=O) groups is 4. The summed E-state index contributed by atoms with van der Waals surface area (Å²) in [6, 6.07) is 0. The third-order valence-electron chi connectivity index (χ3n) is 18.3. The molecule has 4 aliphatic rings. The molecular weight excluding hydrogens is 697 g/mol. The molecule has 4 fully saturated rings. The van der Waals surface area contributed by atoms with Crippen LogP contribution in [0.2, 0.25) is 0 Å². The minimum absolute atomic E-state index is 0.0649. The van der Waals surface area contributed by atoms with E-state index in [1.54, 1.807) is 0 Å². The Morgan fingerprint density at radius 3 is 0.857 bits per heavy atom. The van der Waals surface area contributed by atoms with Gasteiger partial charge in [0, 0.05) is 44.3 Å². The molecule has 1 atom stereocenters. The van der Waals surface area contributed by atoms with Crippen LogP contribution in [-0.2, 0) is 19.2 Å². The van der Waals surface area contributed by atoms with Crippen LogP contribution in [0.5, 0.6) is 0 Å². The molecule has 8 nitrogen and oxygen atoms in total. The van der Waals surface area contributed by atoms with E-state index >= 15 is 4.79 Å². The van der Waals surface area contributed by atoms with E-state index in [1.807, 2.05) is 0 Å². The Balaban J connectivity index is 2.33. The number of nitrogens with zero attached hydrogens (tertiary/aromatic N) is 4. The minimum atomic E-state index is -2.16. The van der Waals surface area contributed by atoms with Gasteiger partial charge in [0.05, 0.1) is 5.41 Å². The van der Waals surface area contributed by atoms with Gasteiger partial charge in [-0.25, -0.2) is 0 Å². The third kappa shape index (κ3) is 7.16. The van der Waals surface area contributed by atoms with Crippen molar-refractivity contribution < 1.29 is 19.2 Å². The molecule has 0 spiro atoms. The van der Waals surface area contributed by atoms with E-state index < -0.39 is 22.2 Å². The first-order chi connectivity index (χ1) is 25.1. The van der Waals surface area contributed by atoms with E-state index in [-0.39, 0.29) is 62.1 Å². The molecule has 8 heteroatoms. The maximum absolute atomic E-state index is 15.5. The Morgan fingerprint density at radius 1 is 0.393 bits per heavy atom. The number of carbonyl (C=O) groups excluding carboxylic acids is 4. The lowest BCUT2D eigenvalue weighted by atomic mass is 9.34. The highest BCUT2D eigenvalue weighted by Gasteiger charge is 2.75. The summed E-state index contributed by atoms with van der Waals surface area (Å²) in [4.78, 5) is 68.1. The van der Waals surface area contributed by atoms with E-state index in [0.29, 0.717) is 38.1 Å². The van der Waals surface area contributed by atoms with Gasteiger partial charge in [-0.05, 0) is 226 Å². The van der Waals surface area contributed by atoms with Gasteiger partial charge < -0.3 is 19.2 Å². The Morgan fingerprint density at radius 2 is 0.625 bits per heavy atom. The van der Waals surface area contributed by atoms with Gasteiger partial charge in [0.25, 0.3) is 0 Å². The van der Waals surface area contributed by atoms with Gasteiger partial charge in [0.2, 0.25) is 0 Å². The molecule has 0 N–H and O–H groups in total. The summed E-state index contributed by atoms with van der Waals surface area (Å²) in [6.45, 7) is 36.9. The third-order valence-corrected chi connectivity index (χ3v) is 18.3. The highest BCUT2D eigenvalue weighted by Crippen LogP contribution is 2.72. The van der Waals surface area contributed by atoms with Gasteiger partial charge in [-0.1, -0.05) is 0 Å². The first-order valence-corrected chi connectivity index (χ1v) is 21.9. The standard InChI is InChI=1S/C48H86N4O4/c1-38(2)21-34(22-39(3,4)49(38)17)23-47(35-24-40(5,6)50(18)41(7,8)25-35,36-26-42(9,10)51(19)43(11,12)27-36)48(33-56,46(30-53,31-54)32-55)37-28-44(13,14)52(20)45(15,16)29-37/h30-37H,21-29H2,1-20H3. The van der Waals surface area contributed by atoms with Crippen molar-refractivity contribution in [1.82, 2.24) is 19.6 Å². The SMILES string of the molecule is CN1C(C)(C)CC(CC(C2CC(C)(C)N(C)C(C)(C)C2)(C2CC(C)(C)N(C)C(C)(C)C2)C(C=O)(C2CC(C)(C)N(C)C(C)(C)C2)C(C=O)(C=O)C=O)CC1(C)C. The fourth-order valence-corrected chi connectivity index (χ4v) is 14.7. The average molecular weight is 783 g/mol. The predicted molar refractivity (Wildman–Crippen MR) is 231 cm³/mol. The van der Waals surface area contributed by atoms with E-state index in [9.17, 15) is 14.4 Å². The van der Waals surface area contributed by atoms with Crippen LogP contribution in [0.25, 0.3) is 0 Å². The molecular formula is C48H86N4O4. The maximum Gasteiger partial charge on any atom is 0.149 e. The molecule has 4 rings (SSSR count). The molecule has 0 radical (unpaired) electrons. The van der Waals surface area contributed by atoms with Crippen LogP contribution in [0, 0.1) is 39.9 Å². The number of rotatable bonds is 11. The van der Waals surface area contributed by atoms with Crippen LogP contribution in [0.3, 0.4) is 0 Å². The summed E-state index contributed by atoms with van der Waals surface area (Å²) in [5.74, 6) is -0.358. The molecule has 0 aliphatic carbocycles. The van der Waals surface area contributed by atoms with Gasteiger partial charge in [-0.2, -0.15) is 0 Å². The predicted octanol–water partition coefficient (Wildman–Crippen LogP) is 8.73. The van der Waals surface area contributed by atoms with E-state index in [0.717, 1.165) is 44.8 Å². The molecule has 0 saturated carbocycles. The second-order valence-corrected chi connectivity index (χ2v) is 24.8. The van der Waals surface area contributed by atoms with Gasteiger partial charge in [0.1, 0.15) is 30.6 Å². The zero-order chi connectivity index (χ0) is 43.3. The maximum atomic E-state index is 15.5. The van der Waals surface area contributed by atoms with Crippen molar-refractivity contribution in [2.24, 2.45) is 39.9 Å². The second kappa shape index (κ2) is 14.3. The zero-order valence-electron chi connectivity index (χ0n) is 39.9. The highest BCUT2D eigenvalue weighted by molar-refractivity contribution is 6.07. The molecule has 0 aromatic rings. The Labute approximate surface area is 344 Å². The molecule has 0 bridgehead atoms. The van der Waals surface area contributed by atoms with Crippen LogP contribution in [0.15, 0.2) is 0 Å². The van der Waals surface area contributed by atoms with Crippen LogP contribution in [0.4, 0.5) is 0 Å². The Kier molecular flexibility index (Phi) is 12.1. The molecule has 1 unspecified atom stereocenters. The molecule has 4 saturated heterocycles. The van der Waals surface area contributed by atoms with Crippen LogP contribution in [-0.4, -0.2) is 117 Å². The fraction of sp³-hybridized carbons (Fsp3) is 0.917. The molecule has 0 amide bonds. The van der Waals surface area contributed by atoms with Crippen molar-refractivity contribution in [3.05, 3.63) is 0 Å². The number of hydrogen-bond donors (Lipinski definition) is 0. The molecule has 4 aliphatic heterocycles. The zero-order valence-corrected chi connectivity index (χ0v) is 39.9.